The van der Waals surface area contributed by atoms with Crippen molar-refractivity contribution in [2.75, 3.05) is 13.4 Å². The molecule has 0 saturated heterocycles. The van der Waals surface area contributed by atoms with Gasteiger partial charge in [-0.15, -0.1) is 11.3 Å². The van der Waals surface area contributed by atoms with Crippen LogP contribution >= 0.6 is 11.3 Å². The van der Waals surface area contributed by atoms with Crippen LogP contribution in [0.4, 0.5) is 0 Å². The summed E-state index contributed by atoms with van der Waals surface area (Å²) >= 11 is 1.22. The van der Waals surface area contributed by atoms with Crippen LogP contribution in [0.1, 0.15) is 27.4 Å². The number of rotatable bonds is 6. The first-order valence-corrected chi connectivity index (χ1v) is 6.02. The van der Waals surface area contributed by atoms with E-state index in [0.29, 0.717) is 18.3 Å². The van der Waals surface area contributed by atoms with E-state index in [2.05, 4.69) is 0 Å². The van der Waals surface area contributed by atoms with Crippen LogP contribution in [-0.2, 0) is 4.74 Å². The molecule has 4 nitrogen and oxygen atoms in total. The maximum atomic E-state index is 10.9. The molecule has 0 radical (unpaired) electrons. The van der Waals surface area contributed by atoms with Gasteiger partial charge in [0, 0.05) is 4.88 Å². The average Bonchev–Trinajstić information content (AvgIpc) is 2.96. The van der Waals surface area contributed by atoms with Gasteiger partial charge in [0.15, 0.2) is 11.7 Å². The first-order valence-electron chi connectivity index (χ1n) is 5.21. The average molecular weight is 242 g/mol. The molecule has 88 valence electrons. The zero-order valence-electron chi connectivity index (χ0n) is 9.06. The van der Waals surface area contributed by atoms with Crippen molar-refractivity contribution < 1.29 is 19.4 Å². The van der Waals surface area contributed by atoms with Crippen LogP contribution in [0.5, 0.6) is 5.75 Å². The third kappa shape index (κ3) is 2.96. The second kappa shape index (κ2) is 4.84. The molecule has 0 amide bonds. The van der Waals surface area contributed by atoms with Gasteiger partial charge in [-0.25, -0.2) is 4.79 Å². The van der Waals surface area contributed by atoms with E-state index in [-0.39, 0.29) is 11.7 Å². The van der Waals surface area contributed by atoms with Gasteiger partial charge in [0.1, 0.15) is 5.75 Å². The first-order chi connectivity index (χ1) is 7.66. The SMILES string of the molecule is Cc1cc(OCOCC2CC2)c(C(=O)O)s1. The summed E-state index contributed by atoms with van der Waals surface area (Å²) in [7, 11) is 0. The normalized spacial score (nSPS) is 15.1. The Morgan fingerprint density at radius 3 is 3.00 bits per heavy atom. The van der Waals surface area contributed by atoms with Gasteiger partial charge in [0.2, 0.25) is 0 Å². The predicted octanol–water partition coefficient (Wildman–Crippen LogP) is 2.52. The molecule has 1 aliphatic carbocycles. The van der Waals surface area contributed by atoms with Gasteiger partial charge < -0.3 is 14.6 Å². The molecule has 1 heterocycles. The molecule has 0 aromatic carbocycles. The van der Waals surface area contributed by atoms with Crippen LogP contribution in [0.2, 0.25) is 0 Å². The molecule has 0 aliphatic heterocycles. The summed E-state index contributed by atoms with van der Waals surface area (Å²) in [5.74, 6) is 0.146. The van der Waals surface area contributed by atoms with E-state index in [1.165, 1.54) is 24.2 Å². The zero-order chi connectivity index (χ0) is 11.5. The molecule has 0 atom stereocenters. The van der Waals surface area contributed by atoms with Gasteiger partial charge in [-0.1, -0.05) is 0 Å². The summed E-state index contributed by atoms with van der Waals surface area (Å²) in [6.45, 7) is 2.70. The third-order valence-corrected chi connectivity index (χ3v) is 3.38. The van der Waals surface area contributed by atoms with E-state index in [0.717, 1.165) is 4.88 Å². The molecular formula is C11H14O4S. The fourth-order valence-electron chi connectivity index (χ4n) is 1.35. The lowest BCUT2D eigenvalue weighted by Gasteiger charge is -2.05. The van der Waals surface area contributed by atoms with Gasteiger partial charge in [-0.3, -0.25) is 0 Å². The molecule has 1 N–H and O–H groups in total. The van der Waals surface area contributed by atoms with E-state index in [4.69, 9.17) is 14.6 Å². The molecule has 2 rings (SSSR count). The van der Waals surface area contributed by atoms with E-state index >= 15 is 0 Å². The van der Waals surface area contributed by atoms with Crippen molar-refractivity contribution in [1.29, 1.82) is 0 Å². The lowest BCUT2D eigenvalue weighted by atomic mass is 10.4. The molecule has 1 aromatic heterocycles. The van der Waals surface area contributed by atoms with Crippen molar-refractivity contribution in [2.45, 2.75) is 19.8 Å². The number of carboxylic acids is 1. The number of carboxylic acid groups (broad SMARTS) is 1. The van der Waals surface area contributed by atoms with Crippen LogP contribution in [0.3, 0.4) is 0 Å². The van der Waals surface area contributed by atoms with Crippen LogP contribution in [-0.4, -0.2) is 24.5 Å². The van der Waals surface area contributed by atoms with Crippen molar-refractivity contribution in [1.82, 2.24) is 0 Å². The predicted molar refractivity (Wildman–Crippen MR) is 60.2 cm³/mol. The van der Waals surface area contributed by atoms with Gasteiger partial charge in [-0.2, -0.15) is 0 Å². The van der Waals surface area contributed by atoms with Crippen LogP contribution in [0, 0.1) is 12.8 Å². The van der Waals surface area contributed by atoms with Crippen LogP contribution in [0.15, 0.2) is 6.07 Å². The second-order valence-electron chi connectivity index (χ2n) is 3.93. The van der Waals surface area contributed by atoms with Gasteiger partial charge in [0.05, 0.1) is 6.61 Å². The topological polar surface area (TPSA) is 55.8 Å². The highest BCUT2D eigenvalue weighted by atomic mass is 32.1. The molecule has 1 aromatic rings. The fraction of sp³-hybridized carbons (Fsp3) is 0.545. The molecule has 1 aliphatic rings. The van der Waals surface area contributed by atoms with E-state index in [9.17, 15) is 4.79 Å². The van der Waals surface area contributed by atoms with Crippen molar-refractivity contribution in [3.05, 3.63) is 15.8 Å². The van der Waals surface area contributed by atoms with Gasteiger partial charge >= 0.3 is 5.97 Å². The number of aromatic carboxylic acids is 1. The molecule has 0 spiro atoms. The highest BCUT2D eigenvalue weighted by Crippen LogP contribution is 2.30. The fourth-order valence-corrected chi connectivity index (χ4v) is 2.15. The van der Waals surface area contributed by atoms with Gasteiger partial charge in [-0.05, 0) is 31.7 Å². The maximum Gasteiger partial charge on any atom is 0.349 e. The van der Waals surface area contributed by atoms with E-state index in [1.807, 2.05) is 6.92 Å². The van der Waals surface area contributed by atoms with Crippen molar-refractivity contribution in [3.63, 3.8) is 0 Å². The molecule has 16 heavy (non-hydrogen) atoms. The standard InChI is InChI=1S/C11H14O4S/c1-7-4-9(10(16-7)11(12)13)15-6-14-5-8-2-3-8/h4,8H,2-3,5-6H2,1H3,(H,12,13). The Kier molecular flexibility index (Phi) is 3.46. The van der Waals surface area contributed by atoms with Crippen LogP contribution in [0.25, 0.3) is 0 Å². The van der Waals surface area contributed by atoms with E-state index in [1.54, 1.807) is 6.07 Å². The minimum Gasteiger partial charge on any atom is -0.477 e. The Balaban J connectivity index is 1.84. The van der Waals surface area contributed by atoms with Crippen LogP contribution < -0.4 is 4.74 Å². The maximum absolute atomic E-state index is 10.9. The largest absolute Gasteiger partial charge is 0.477 e. The highest BCUT2D eigenvalue weighted by Gasteiger charge is 2.21. The molecular weight excluding hydrogens is 228 g/mol. The summed E-state index contributed by atoms with van der Waals surface area (Å²) in [5.41, 5.74) is 0. The minimum absolute atomic E-state index is 0.132. The summed E-state index contributed by atoms with van der Waals surface area (Å²) < 4.78 is 10.6. The summed E-state index contributed by atoms with van der Waals surface area (Å²) in [4.78, 5) is 12.0. The molecule has 1 saturated carbocycles. The number of hydrogen-bond acceptors (Lipinski definition) is 4. The van der Waals surface area contributed by atoms with E-state index < -0.39 is 5.97 Å². The lowest BCUT2D eigenvalue weighted by molar-refractivity contribution is 0.00951. The minimum atomic E-state index is -0.949. The molecule has 0 bridgehead atoms. The molecule has 5 heteroatoms. The molecule has 0 unspecified atom stereocenters. The quantitative estimate of drug-likeness (QED) is 0.615. The lowest BCUT2D eigenvalue weighted by Crippen LogP contribution is -2.06. The van der Waals surface area contributed by atoms with Crippen molar-refractivity contribution in [3.8, 4) is 5.75 Å². The highest BCUT2D eigenvalue weighted by molar-refractivity contribution is 7.14. The third-order valence-electron chi connectivity index (χ3n) is 2.36. The number of ether oxygens (including phenoxy) is 2. The Bertz CT molecular complexity index is 381. The number of carbonyl (C=O) groups is 1. The monoisotopic (exact) mass is 242 g/mol. The number of thiophene rings is 1. The summed E-state index contributed by atoms with van der Waals surface area (Å²) in [6, 6.07) is 1.73. The Labute approximate surface area is 97.8 Å². The first kappa shape index (κ1) is 11.4. The second-order valence-corrected chi connectivity index (χ2v) is 5.19. The number of aryl methyl sites for hydroxylation is 1. The molecule has 1 fully saturated rings. The number of hydrogen-bond donors (Lipinski definition) is 1. The smallest absolute Gasteiger partial charge is 0.349 e. The zero-order valence-corrected chi connectivity index (χ0v) is 9.88. The van der Waals surface area contributed by atoms with Gasteiger partial charge in [0.25, 0.3) is 0 Å². The summed E-state index contributed by atoms with van der Waals surface area (Å²) in [6.07, 6.45) is 2.47. The van der Waals surface area contributed by atoms with Crippen molar-refractivity contribution >= 4 is 17.3 Å². The summed E-state index contributed by atoms with van der Waals surface area (Å²) in [5, 5.41) is 8.92. The Hall–Kier alpha value is -1.07. The Morgan fingerprint density at radius 1 is 1.62 bits per heavy atom. The van der Waals surface area contributed by atoms with Crippen molar-refractivity contribution in [2.24, 2.45) is 5.92 Å². The Morgan fingerprint density at radius 2 is 2.38 bits per heavy atom.